The van der Waals surface area contributed by atoms with Gasteiger partial charge in [0.1, 0.15) is 10.7 Å². The van der Waals surface area contributed by atoms with E-state index < -0.39 is 10.1 Å². The average Bonchev–Trinajstić information content (AvgIpc) is 2.46. The van der Waals surface area contributed by atoms with E-state index in [4.69, 9.17) is 4.18 Å². The zero-order valence-corrected chi connectivity index (χ0v) is 14.8. The van der Waals surface area contributed by atoms with Crippen LogP contribution in [0.3, 0.4) is 0 Å². The van der Waals surface area contributed by atoms with Crippen molar-refractivity contribution in [2.45, 2.75) is 38.0 Å². The zero-order chi connectivity index (χ0) is 17.3. The SMILES string of the molecule is C=C(OS(=O)(=O)c1ccc(C)cc1)c1ccc(C(C)(C)C)cc1. The predicted molar refractivity (Wildman–Crippen MR) is 93.6 cm³/mol. The molecule has 0 bridgehead atoms. The summed E-state index contributed by atoms with van der Waals surface area (Å²) >= 11 is 0. The summed E-state index contributed by atoms with van der Waals surface area (Å²) in [6.45, 7) is 12.0. The van der Waals surface area contributed by atoms with Gasteiger partial charge in [0.25, 0.3) is 0 Å². The predicted octanol–water partition coefficient (Wildman–Crippen LogP) is 4.67. The number of benzene rings is 2. The second-order valence-electron chi connectivity index (χ2n) is 6.60. The van der Waals surface area contributed by atoms with Crippen LogP contribution < -0.4 is 0 Å². The van der Waals surface area contributed by atoms with Gasteiger partial charge in [-0.15, -0.1) is 0 Å². The topological polar surface area (TPSA) is 43.4 Å². The summed E-state index contributed by atoms with van der Waals surface area (Å²) in [5.41, 5.74) is 2.83. The Labute approximate surface area is 138 Å². The van der Waals surface area contributed by atoms with E-state index in [0.29, 0.717) is 5.56 Å². The molecule has 0 N–H and O–H groups in total. The monoisotopic (exact) mass is 330 g/mol. The summed E-state index contributed by atoms with van der Waals surface area (Å²) in [4.78, 5) is 0.121. The van der Waals surface area contributed by atoms with Gasteiger partial charge in [-0.1, -0.05) is 69.3 Å². The van der Waals surface area contributed by atoms with E-state index in [1.54, 1.807) is 12.1 Å². The van der Waals surface area contributed by atoms with Crippen molar-refractivity contribution in [1.82, 2.24) is 0 Å². The molecule has 0 amide bonds. The van der Waals surface area contributed by atoms with Gasteiger partial charge in [0.05, 0.1) is 0 Å². The largest absolute Gasteiger partial charge is 0.379 e. The van der Waals surface area contributed by atoms with Crippen LogP contribution >= 0.6 is 0 Å². The highest BCUT2D eigenvalue weighted by Gasteiger charge is 2.18. The molecular weight excluding hydrogens is 308 g/mol. The zero-order valence-electron chi connectivity index (χ0n) is 14.0. The molecule has 0 saturated carbocycles. The van der Waals surface area contributed by atoms with Crippen molar-refractivity contribution in [2.24, 2.45) is 0 Å². The quantitative estimate of drug-likeness (QED) is 0.604. The minimum absolute atomic E-state index is 0.0364. The first kappa shape index (κ1) is 17.3. The third-order valence-corrected chi connectivity index (χ3v) is 4.86. The summed E-state index contributed by atoms with van der Waals surface area (Å²) in [5, 5.41) is 0. The fourth-order valence-corrected chi connectivity index (χ4v) is 3.02. The lowest BCUT2D eigenvalue weighted by Gasteiger charge is -2.19. The van der Waals surface area contributed by atoms with Crippen molar-refractivity contribution in [3.8, 4) is 0 Å². The van der Waals surface area contributed by atoms with Crippen LogP contribution in [0, 0.1) is 6.92 Å². The molecule has 0 unspecified atom stereocenters. The molecule has 0 heterocycles. The van der Waals surface area contributed by atoms with E-state index in [2.05, 4.69) is 27.4 Å². The van der Waals surface area contributed by atoms with E-state index in [1.165, 1.54) is 12.1 Å². The van der Waals surface area contributed by atoms with Gasteiger partial charge >= 0.3 is 10.1 Å². The molecule has 23 heavy (non-hydrogen) atoms. The van der Waals surface area contributed by atoms with Gasteiger partial charge in [0.15, 0.2) is 0 Å². The van der Waals surface area contributed by atoms with Gasteiger partial charge in [-0.25, -0.2) is 0 Å². The van der Waals surface area contributed by atoms with Crippen LogP contribution in [-0.4, -0.2) is 8.42 Å². The first-order valence-corrected chi connectivity index (χ1v) is 8.81. The first-order valence-electron chi connectivity index (χ1n) is 7.40. The average molecular weight is 330 g/mol. The lowest BCUT2D eigenvalue weighted by molar-refractivity contribution is 0.464. The maximum atomic E-state index is 12.3. The van der Waals surface area contributed by atoms with Gasteiger partial charge in [-0.05, 0) is 30.0 Å². The third-order valence-electron chi connectivity index (χ3n) is 3.59. The Hall–Kier alpha value is -2.07. The van der Waals surface area contributed by atoms with Crippen LogP contribution in [-0.2, 0) is 19.7 Å². The lowest BCUT2D eigenvalue weighted by Crippen LogP contribution is -2.11. The van der Waals surface area contributed by atoms with Gasteiger partial charge in [0, 0.05) is 5.56 Å². The third kappa shape index (κ3) is 4.23. The molecular formula is C19H22O3S. The summed E-state index contributed by atoms with van der Waals surface area (Å²) in [7, 11) is -3.86. The van der Waals surface area contributed by atoms with Gasteiger partial charge < -0.3 is 4.18 Å². The molecule has 0 aliphatic heterocycles. The van der Waals surface area contributed by atoms with Gasteiger partial charge in [0.2, 0.25) is 0 Å². The molecule has 0 spiro atoms. The van der Waals surface area contributed by atoms with Crippen molar-refractivity contribution in [2.75, 3.05) is 0 Å². The molecule has 0 aromatic heterocycles. The van der Waals surface area contributed by atoms with E-state index in [1.807, 2.05) is 31.2 Å². The lowest BCUT2D eigenvalue weighted by atomic mass is 9.86. The van der Waals surface area contributed by atoms with Crippen LogP contribution in [0.15, 0.2) is 60.0 Å². The minimum Gasteiger partial charge on any atom is -0.379 e. The molecule has 2 rings (SSSR count). The minimum atomic E-state index is -3.86. The second kappa shape index (κ2) is 6.20. The molecule has 0 saturated heterocycles. The highest BCUT2D eigenvalue weighted by molar-refractivity contribution is 7.87. The number of aryl methyl sites for hydroxylation is 1. The number of rotatable bonds is 4. The van der Waals surface area contributed by atoms with E-state index >= 15 is 0 Å². The Balaban J connectivity index is 2.19. The highest BCUT2D eigenvalue weighted by Crippen LogP contribution is 2.26. The first-order chi connectivity index (χ1) is 10.6. The molecule has 122 valence electrons. The molecule has 0 aliphatic rings. The summed E-state index contributed by atoms with van der Waals surface area (Å²) in [6, 6.07) is 14.1. The van der Waals surface area contributed by atoms with Crippen LogP contribution in [0.5, 0.6) is 0 Å². The molecule has 0 aliphatic carbocycles. The molecule has 0 fully saturated rings. The maximum absolute atomic E-state index is 12.3. The summed E-state index contributed by atoms with van der Waals surface area (Å²) in [5.74, 6) is 0.117. The van der Waals surface area contributed by atoms with Crippen molar-refractivity contribution in [1.29, 1.82) is 0 Å². The Morgan fingerprint density at radius 1 is 0.957 bits per heavy atom. The highest BCUT2D eigenvalue weighted by atomic mass is 32.2. The second-order valence-corrected chi connectivity index (χ2v) is 8.15. The molecule has 2 aromatic rings. The summed E-state index contributed by atoms with van der Waals surface area (Å²) < 4.78 is 29.7. The van der Waals surface area contributed by atoms with Crippen LogP contribution in [0.4, 0.5) is 0 Å². The molecule has 4 heteroatoms. The summed E-state index contributed by atoms with van der Waals surface area (Å²) in [6.07, 6.45) is 0. The Kier molecular flexibility index (Phi) is 4.66. The standard InChI is InChI=1S/C19H22O3S/c1-14-6-12-18(13-7-14)23(20,21)22-15(2)16-8-10-17(11-9-16)19(3,4)5/h6-13H,2H2,1,3-5H3. The van der Waals surface area contributed by atoms with Crippen LogP contribution in [0.2, 0.25) is 0 Å². The molecule has 3 nitrogen and oxygen atoms in total. The van der Waals surface area contributed by atoms with Crippen molar-refractivity contribution >= 4 is 15.9 Å². The van der Waals surface area contributed by atoms with Gasteiger partial charge in [-0.2, -0.15) is 8.42 Å². The van der Waals surface area contributed by atoms with Crippen LogP contribution in [0.1, 0.15) is 37.5 Å². The molecule has 2 aromatic carbocycles. The van der Waals surface area contributed by atoms with Crippen molar-refractivity contribution in [3.05, 3.63) is 71.8 Å². The Morgan fingerprint density at radius 3 is 1.96 bits per heavy atom. The fraction of sp³-hybridized carbons (Fsp3) is 0.263. The smallest absolute Gasteiger partial charge is 0.339 e. The van der Waals surface area contributed by atoms with E-state index in [-0.39, 0.29) is 16.1 Å². The van der Waals surface area contributed by atoms with Crippen molar-refractivity contribution in [3.63, 3.8) is 0 Å². The molecule has 0 atom stereocenters. The van der Waals surface area contributed by atoms with Gasteiger partial charge in [-0.3, -0.25) is 0 Å². The Bertz CT molecular complexity index is 793. The normalized spacial score (nSPS) is 12.0. The number of hydrogen-bond donors (Lipinski definition) is 0. The molecule has 0 radical (unpaired) electrons. The van der Waals surface area contributed by atoms with Crippen LogP contribution in [0.25, 0.3) is 5.76 Å². The van der Waals surface area contributed by atoms with E-state index in [9.17, 15) is 8.42 Å². The maximum Gasteiger partial charge on any atom is 0.339 e. The van der Waals surface area contributed by atoms with Crippen molar-refractivity contribution < 1.29 is 12.6 Å². The van der Waals surface area contributed by atoms with E-state index in [0.717, 1.165) is 11.1 Å². The Morgan fingerprint density at radius 2 is 1.48 bits per heavy atom. The number of hydrogen-bond acceptors (Lipinski definition) is 3. The fourth-order valence-electron chi connectivity index (χ4n) is 2.09.